The molecule has 1 saturated heterocycles. The molecule has 3 heteroatoms. The van der Waals surface area contributed by atoms with Crippen LogP contribution in [0.4, 0.5) is 0 Å². The quantitative estimate of drug-likeness (QED) is 0.837. The molecule has 3 rings (SSSR count). The Morgan fingerprint density at radius 3 is 2.48 bits per heavy atom. The molecule has 0 aliphatic carbocycles. The molecule has 0 N–H and O–H groups in total. The number of benzene rings is 2. The third-order valence-corrected chi connectivity index (χ3v) is 4.58. The molecule has 1 unspecified atom stereocenters. The Morgan fingerprint density at radius 1 is 1.04 bits per heavy atom. The largest absolute Gasteiger partial charge is 0.480 e. The van der Waals surface area contributed by atoms with E-state index in [9.17, 15) is 4.79 Å². The van der Waals surface area contributed by atoms with Crippen LogP contribution in [-0.2, 0) is 4.79 Å². The maximum absolute atomic E-state index is 12.8. The van der Waals surface area contributed by atoms with Crippen LogP contribution in [-0.4, -0.2) is 30.0 Å². The molecule has 2 aromatic carbocycles. The number of hydrogen-bond acceptors (Lipinski definition) is 2. The van der Waals surface area contributed by atoms with Gasteiger partial charge in [0.05, 0.1) is 0 Å². The van der Waals surface area contributed by atoms with Gasteiger partial charge in [-0.2, -0.15) is 0 Å². The van der Waals surface area contributed by atoms with Crippen LogP contribution in [0.2, 0.25) is 0 Å². The van der Waals surface area contributed by atoms with Gasteiger partial charge in [0.25, 0.3) is 5.91 Å². The zero-order valence-corrected chi connectivity index (χ0v) is 13.8. The maximum atomic E-state index is 12.8. The summed E-state index contributed by atoms with van der Waals surface area (Å²) in [4.78, 5) is 14.8. The molecule has 1 amide bonds. The molecular weight excluding hydrogens is 286 g/mol. The van der Waals surface area contributed by atoms with Crippen molar-refractivity contribution in [1.29, 1.82) is 0 Å². The van der Waals surface area contributed by atoms with Crippen molar-refractivity contribution in [2.24, 2.45) is 0 Å². The molecule has 0 spiro atoms. The predicted octanol–water partition coefficient (Wildman–Crippen LogP) is 4.40. The van der Waals surface area contributed by atoms with E-state index in [1.165, 1.54) is 12.8 Å². The van der Waals surface area contributed by atoms with Crippen LogP contribution in [0.25, 0.3) is 10.8 Å². The van der Waals surface area contributed by atoms with E-state index in [0.717, 1.165) is 42.5 Å². The van der Waals surface area contributed by atoms with Crippen LogP contribution in [0.1, 0.15) is 39.0 Å². The Labute approximate surface area is 138 Å². The van der Waals surface area contributed by atoms with Gasteiger partial charge < -0.3 is 9.64 Å². The Hall–Kier alpha value is -2.03. The highest BCUT2D eigenvalue weighted by molar-refractivity contribution is 5.89. The molecule has 1 heterocycles. The van der Waals surface area contributed by atoms with Crippen molar-refractivity contribution in [2.75, 3.05) is 13.1 Å². The number of nitrogens with zero attached hydrogens (tertiary/aromatic N) is 1. The minimum Gasteiger partial charge on any atom is -0.480 e. The molecule has 0 bridgehead atoms. The zero-order chi connectivity index (χ0) is 16.1. The standard InChI is InChI=1S/C20H25NO2/c1-2-18(20(22)21-14-7-3-4-8-15-21)23-19-13-9-11-16-10-5-6-12-17(16)19/h5-6,9-13,18H,2-4,7-8,14-15H2,1H3. The first-order valence-electron chi connectivity index (χ1n) is 8.73. The molecule has 0 radical (unpaired) electrons. The van der Waals surface area contributed by atoms with Crippen LogP contribution in [0, 0.1) is 0 Å². The van der Waals surface area contributed by atoms with Gasteiger partial charge in [0.2, 0.25) is 0 Å². The van der Waals surface area contributed by atoms with Crippen molar-refractivity contribution in [3.8, 4) is 5.75 Å². The number of hydrogen-bond donors (Lipinski definition) is 0. The number of likely N-dealkylation sites (tertiary alicyclic amines) is 1. The highest BCUT2D eigenvalue weighted by Gasteiger charge is 2.25. The van der Waals surface area contributed by atoms with E-state index in [0.29, 0.717) is 6.42 Å². The summed E-state index contributed by atoms with van der Waals surface area (Å²) < 4.78 is 6.14. The summed E-state index contributed by atoms with van der Waals surface area (Å²) in [6, 6.07) is 14.2. The summed E-state index contributed by atoms with van der Waals surface area (Å²) in [5.41, 5.74) is 0. The number of carbonyl (C=O) groups excluding carboxylic acids is 1. The summed E-state index contributed by atoms with van der Waals surface area (Å²) in [7, 11) is 0. The fraction of sp³-hybridized carbons (Fsp3) is 0.450. The van der Waals surface area contributed by atoms with Gasteiger partial charge in [-0.15, -0.1) is 0 Å². The molecule has 3 nitrogen and oxygen atoms in total. The molecule has 1 atom stereocenters. The highest BCUT2D eigenvalue weighted by atomic mass is 16.5. The lowest BCUT2D eigenvalue weighted by atomic mass is 10.1. The lowest BCUT2D eigenvalue weighted by Crippen LogP contribution is -2.42. The van der Waals surface area contributed by atoms with Crippen molar-refractivity contribution >= 4 is 16.7 Å². The number of ether oxygens (including phenoxy) is 1. The lowest BCUT2D eigenvalue weighted by molar-refractivity contribution is -0.138. The predicted molar refractivity (Wildman–Crippen MR) is 93.7 cm³/mol. The summed E-state index contributed by atoms with van der Waals surface area (Å²) in [6.45, 7) is 3.76. The van der Waals surface area contributed by atoms with Gasteiger partial charge >= 0.3 is 0 Å². The lowest BCUT2D eigenvalue weighted by Gasteiger charge is -2.26. The van der Waals surface area contributed by atoms with Crippen LogP contribution in [0.3, 0.4) is 0 Å². The molecule has 0 aromatic heterocycles. The Kier molecular flexibility index (Phi) is 5.16. The second kappa shape index (κ2) is 7.49. The van der Waals surface area contributed by atoms with Gasteiger partial charge in [-0.05, 0) is 30.7 Å². The van der Waals surface area contributed by atoms with Crippen LogP contribution in [0.15, 0.2) is 42.5 Å². The number of fused-ring (bicyclic) bond motifs is 1. The Morgan fingerprint density at radius 2 is 1.74 bits per heavy atom. The molecule has 1 aliphatic heterocycles. The van der Waals surface area contributed by atoms with Gasteiger partial charge in [0.1, 0.15) is 5.75 Å². The van der Waals surface area contributed by atoms with Gasteiger partial charge in [0, 0.05) is 18.5 Å². The number of amides is 1. The van der Waals surface area contributed by atoms with Gasteiger partial charge in [0.15, 0.2) is 6.10 Å². The minimum absolute atomic E-state index is 0.141. The SMILES string of the molecule is CCC(Oc1cccc2ccccc12)C(=O)N1CCCCCC1. The fourth-order valence-corrected chi connectivity index (χ4v) is 3.25. The second-order valence-corrected chi connectivity index (χ2v) is 6.23. The molecule has 2 aromatic rings. The van der Waals surface area contributed by atoms with Gasteiger partial charge in [-0.1, -0.05) is 56.2 Å². The summed E-state index contributed by atoms with van der Waals surface area (Å²) in [5, 5.41) is 2.21. The normalized spacial score (nSPS) is 16.8. The molecule has 23 heavy (non-hydrogen) atoms. The van der Waals surface area contributed by atoms with E-state index in [1.54, 1.807) is 0 Å². The first-order valence-corrected chi connectivity index (χ1v) is 8.73. The maximum Gasteiger partial charge on any atom is 0.263 e. The number of carbonyl (C=O) groups is 1. The summed E-state index contributed by atoms with van der Waals surface area (Å²) >= 11 is 0. The average Bonchev–Trinajstić information content (AvgIpc) is 2.88. The summed E-state index contributed by atoms with van der Waals surface area (Å²) in [6.07, 6.45) is 4.97. The first-order chi connectivity index (χ1) is 11.3. The highest BCUT2D eigenvalue weighted by Crippen LogP contribution is 2.27. The molecule has 0 saturated carbocycles. The summed E-state index contributed by atoms with van der Waals surface area (Å²) in [5.74, 6) is 0.945. The van der Waals surface area contributed by atoms with Crippen LogP contribution in [0.5, 0.6) is 5.75 Å². The second-order valence-electron chi connectivity index (χ2n) is 6.23. The average molecular weight is 311 g/mol. The number of rotatable bonds is 4. The van der Waals surface area contributed by atoms with E-state index in [-0.39, 0.29) is 12.0 Å². The Balaban J connectivity index is 1.79. The van der Waals surface area contributed by atoms with E-state index >= 15 is 0 Å². The van der Waals surface area contributed by atoms with Crippen molar-refractivity contribution in [3.05, 3.63) is 42.5 Å². The minimum atomic E-state index is -0.390. The monoisotopic (exact) mass is 311 g/mol. The van der Waals surface area contributed by atoms with E-state index in [2.05, 4.69) is 12.1 Å². The third-order valence-electron chi connectivity index (χ3n) is 4.58. The molecule has 122 valence electrons. The van der Waals surface area contributed by atoms with Crippen LogP contribution < -0.4 is 4.74 Å². The Bertz CT molecular complexity index is 654. The molecule has 1 fully saturated rings. The molecular formula is C20H25NO2. The van der Waals surface area contributed by atoms with E-state index in [4.69, 9.17) is 4.74 Å². The van der Waals surface area contributed by atoms with Crippen molar-refractivity contribution in [3.63, 3.8) is 0 Å². The topological polar surface area (TPSA) is 29.5 Å². The fourth-order valence-electron chi connectivity index (χ4n) is 3.25. The zero-order valence-electron chi connectivity index (χ0n) is 13.8. The van der Waals surface area contributed by atoms with Gasteiger partial charge in [-0.3, -0.25) is 4.79 Å². The van der Waals surface area contributed by atoms with Crippen molar-refractivity contribution in [1.82, 2.24) is 4.90 Å². The van der Waals surface area contributed by atoms with Crippen molar-refractivity contribution < 1.29 is 9.53 Å². The van der Waals surface area contributed by atoms with Crippen LogP contribution >= 0.6 is 0 Å². The molecule has 1 aliphatic rings. The third kappa shape index (κ3) is 3.66. The van der Waals surface area contributed by atoms with Crippen molar-refractivity contribution in [2.45, 2.75) is 45.1 Å². The smallest absolute Gasteiger partial charge is 0.263 e. The van der Waals surface area contributed by atoms with Gasteiger partial charge in [-0.25, -0.2) is 0 Å². The van der Waals surface area contributed by atoms with E-state index in [1.807, 2.05) is 42.2 Å². The van der Waals surface area contributed by atoms with E-state index < -0.39 is 0 Å². The first kappa shape index (κ1) is 15.9.